The molecule has 4 rings (SSSR count). The predicted octanol–water partition coefficient (Wildman–Crippen LogP) is 2.99. The number of carbonyl (C=O) groups is 2. The molecule has 0 heterocycles. The highest BCUT2D eigenvalue weighted by atomic mass is 16.5. The molecule has 5 nitrogen and oxygen atoms in total. The molecule has 0 aromatic carbocycles. The van der Waals surface area contributed by atoms with Gasteiger partial charge in [0.2, 0.25) is 0 Å². The molecule has 4 aliphatic rings. The number of rotatable bonds is 4. The fourth-order valence-electron chi connectivity index (χ4n) is 7.15. The third kappa shape index (κ3) is 2.92. The van der Waals surface area contributed by atoms with Crippen LogP contribution in [0, 0.1) is 28.6 Å². The van der Waals surface area contributed by atoms with Crippen LogP contribution < -0.4 is 0 Å². The van der Waals surface area contributed by atoms with Gasteiger partial charge in [0.05, 0.1) is 12.2 Å². The smallest absolute Gasteiger partial charge is 0.190 e. The largest absolute Gasteiger partial charge is 0.393 e. The van der Waals surface area contributed by atoms with Gasteiger partial charge < -0.3 is 14.9 Å². The second-order valence-electron chi connectivity index (χ2n) is 10.4. The Bertz CT molecular complexity index is 782. The van der Waals surface area contributed by atoms with Crippen molar-refractivity contribution in [3.05, 3.63) is 23.8 Å². The SMILES string of the molecule is CC(C)OCC(=O)[C@@]1(O)CC[C@H]2[C@@H]3CCC4=CC(=O)C=C[C@]4(C)[C@H]3C(O)C[C@@]21C. The number of aliphatic hydroxyl groups is 2. The van der Waals surface area contributed by atoms with Gasteiger partial charge in [-0.2, -0.15) is 0 Å². The Morgan fingerprint density at radius 1 is 1.31 bits per heavy atom. The average Bonchev–Trinajstić information content (AvgIpc) is 2.91. The Morgan fingerprint density at radius 2 is 2.03 bits per heavy atom. The Kier molecular flexibility index (Phi) is 4.96. The molecular weight excluding hydrogens is 368 g/mol. The summed E-state index contributed by atoms with van der Waals surface area (Å²) in [4.78, 5) is 24.9. The number of ketones is 2. The number of aliphatic hydroxyl groups excluding tert-OH is 1. The van der Waals surface area contributed by atoms with Gasteiger partial charge in [-0.15, -0.1) is 0 Å². The van der Waals surface area contributed by atoms with Crippen molar-refractivity contribution in [1.29, 1.82) is 0 Å². The van der Waals surface area contributed by atoms with E-state index in [0.29, 0.717) is 12.8 Å². The van der Waals surface area contributed by atoms with Crippen molar-refractivity contribution in [2.75, 3.05) is 6.61 Å². The lowest BCUT2D eigenvalue weighted by Crippen LogP contribution is -2.61. The van der Waals surface area contributed by atoms with Crippen molar-refractivity contribution >= 4 is 11.6 Å². The van der Waals surface area contributed by atoms with Crippen molar-refractivity contribution in [3.63, 3.8) is 0 Å². The van der Waals surface area contributed by atoms with Gasteiger partial charge in [-0.05, 0) is 69.9 Å². The van der Waals surface area contributed by atoms with Crippen molar-refractivity contribution in [3.8, 4) is 0 Å². The molecule has 3 saturated carbocycles. The third-order valence-electron chi connectivity index (χ3n) is 8.66. The maximum absolute atomic E-state index is 13.0. The highest BCUT2D eigenvalue weighted by Crippen LogP contribution is 2.67. The van der Waals surface area contributed by atoms with Crippen LogP contribution in [0.5, 0.6) is 0 Å². The van der Waals surface area contributed by atoms with Gasteiger partial charge in [0.15, 0.2) is 11.6 Å². The Labute approximate surface area is 173 Å². The molecule has 0 radical (unpaired) electrons. The number of ether oxygens (including phenoxy) is 1. The third-order valence-corrected chi connectivity index (χ3v) is 8.66. The minimum atomic E-state index is -1.45. The van der Waals surface area contributed by atoms with Crippen LogP contribution in [0.1, 0.15) is 59.8 Å². The predicted molar refractivity (Wildman–Crippen MR) is 109 cm³/mol. The van der Waals surface area contributed by atoms with E-state index >= 15 is 0 Å². The van der Waals surface area contributed by atoms with E-state index in [9.17, 15) is 19.8 Å². The van der Waals surface area contributed by atoms with Gasteiger partial charge in [0, 0.05) is 16.7 Å². The number of fused-ring (bicyclic) bond motifs is 5. The van der Waals surface area contributed by atoms with Crippen molar-refractivity contribution < 1.29 is 24.5 Å². The van der Waals surface area contributed by atoms with E-state index in [1.807, 2.05) is 26.8 Å². The lowest BCUT2D eigenvalue weighted by atomic mass is 9.46. The molecule has 1 unspecified atom stereocenters. The van der Waals surface area contributed by atoms with E-state index in [0.717, 1.165) is 24.8 Å². The highest BCUT2D eigenvalue weighted by molar-refractivity contribution is 6.01. The number of hydrogen-bond donors (Lipinski definition) is 2. The van der Waals surface area contributed by atoms with Gasteiger partial charge in [-0.25, -0.2) is 0 Å². The number of allylic oxidation sites excluding steroid dienone is 4. The van der Waals surface area contributed by atoms with E-state index in [1.54, 1.807) is 12.2 Å². The Morgan fingerprint density at radius 3 is 2.72 bits per heavy atom. The van der Waals surface area contributed by atoms with Gasteiger partial charge in [0.1, 0.15) is 12.2 Å². The normalized spacial score (nSPS) is 46.2. The van der Waals surface area contributed by atoms with Gasteiger partial charge >= 0.3 is 0 Å². The molecule has 0 saturated heterocycles. The summed E-state index contributed by atoms with van der Waals surface area (Å²) in [6.07, 6.45) is 7.98. The summed E-state index contributed by atoms with van der Waals surface area (Å²) in [6, 6.07) is 0. The fourth-order valence-corrected chi connectivity index (χ4v) is 7.15. The van der Waals surface area contributed by atoms with E-state index in [-0.39, 0.29) is 47.4 Å². The van der Waals surface area contributed by atoms with Gasteiger partial charge in [0.25, 0.3) is 0 Å². The van der Waals surface area contributed by atoms with Gasteiger partial charge in [-0.3, -0.25) is 9.59 Å². The first-order chi connectivity index (χ1) is 13.5. The van der Waals surface area contributed by atoms with Crippen molar-refractivity contribution in [2.24, 2.45) is 28.6 Å². The Balaban J connectivity index is 1.66. The molecular formula is C24H34O5. The zero-order chi connectivity index (χ0) is 21.2. The van der Waals surface area contributed by atoms with Crippen LogP contribution in [-0.2, 0) is 14.3 Å². The highest BCUT2D eigenvalue weighted by Gasteiger charge is 2.68. The van der Waals surface area contributed by atoms with Crippen LogP contribution in [0.25, 0.3) is 0 Å². The molecule has 2 N–H and O–H groups in total. The summed E-state index contributed by atoms with van der Waals surface area (Å²) in [5.74, 6) is 0.170. The van der Waals surface area contributed by atoms with Crippen molar-refractivity contribution in [1.82, 2.24) is 0 Å². The molecule has 0 aromatic heterocycles. The van der Waals surface area contributed by atoms with Crippen LogP contribution >= 0.6 is 0 Å². The fraction of sp³-hybridized carbons (Fsp3) is 0.750. The minimum absolute atomic E-state index is 0.00860. The van der Waals surface area contributed by atoms with Crippen LogP contribution in [0.4, 0.5) is 0 Å². The minimum Gasteiger partial charge on any atom is -0.393 e. The first kappa shape index (κ1) is 21.0. The maximum atomic E-state index is 13.0. The van der Waals surface area contributed by atoms with Crippen molar-refractivity contribution in [2.45, 2.75) is 77.6 Å². The van der Waals surface area contributed by atoms with Crippen LogP contribution in [0.15, 0.2) is 23.8 Å². The molecule has 160 valence electrons. The molecule has 0 spiro atoms. The molecule has 5 heteroatoms. The van der Waals surface area contributed by atoms with E-state index in [4.69, 9.17) is 4.74 Å². The molecule has 0 amide bonds. The lowest BCUT2D eigenvalue weighted by molar-refractivity contribution is -0.180. The first-order valence-electron chi connectivity index (χ1n) is 11.0. The molecule has 4 aliphatic carbocycles. The van der Waals surface area contributed by atoms with Crippen LogP contribution in [-0.4, -0.2) is 46.2 Å². The average molecular weight is 403 g/mol. The number of carbonyl (C=O) groups excluding carboxylic acids is 2. The zero-order valence-corrected chi connectivity index (χ0v) is 18.0. The van der Waals surface area contributed by atoms with E-state index in [2.05, 4.69) is 6.92 Å². The zero-order valence-electron chi connectivity index (χ0n) is 18.0. The molecule has 0 aliphatic heterocycles. The van der Waals surface area contributed by atoms with Gasteiger partial charge in [-0.1, -0.05) is 25.5 Å². The van der Waals surface area contributed by atoms with Crippen LogP contribution in [0.2, 0.25) is 0 Å². The first-order valence-corrected chi connectivity index (χ1v) is 11.0. The molecule has 3 fully saturated rings. The summed E-state index contributed by atoms with van der Waals surface area (Å²) in [5.41, 5.74) is -1.32. The molecule has 0 aromatic rings. The Hall–Kier alpha value is -1.30. The molecule has 29 heavy (non-hydrogen) atoms. The second kappa shape index (κ2) is 6.86. The summed E-state index contributed by atoms with van der Waals surface area (Å²) in [7, 11) is 0. The topological polar surface area (TPSA) is 83.8 Å². The van der Waals surface area contributed by atoms with Crippen LogP contribution in [0.3, 0.4) is 0 Å². The summed E-state index contributed by atoms with van der Waals surface area (Å²) < 4.78 is 5.52. The van der Waals surface area contributed by atoms with E-state index < -0.39 is 17.1 Å². The summed E-state index contributed by atoms with van der Waals surface area (Å²) >= 11 is 0. The van der Waals surface area contributed by atoms with E-state index in [1.165, 1.54) is 0 Å². The molecule has 7 atom stereocenters. The standard InChI is InChI=1S/C24H34O5/c1-14(2)29-13-20(27)24(28)10-8-18-17-6-5-15-11-16(25)7-9-22(15,3)21(17)19(26)12-23(18,24)4/h7,9,11,14,17-19,21,26,28H,5-6,8,10,12-13H2,1-4H3/t17-,18-,19?,21+,22-,23-,24-/m0/s1. The molecule has 0 bridgehead atoms. The second-order valence-corrected chi connectivity index (χ2v) is 10.4. The lowest BCUT2D eigenvalue weighted by Gasteiger charge is -2.59. The summed E-state index contributed by atoms with van der Waals surface area (Å²) in [6.45, 7) is 7.79. The quantitative estimate of drug-likeness (QED) is 0.755. The maximum Gasteiger partial charge on any atom is 0.190 e. The number of hydrogen-bond acceptors (Lipinski definition) is 5. The summed E-state index contributed by atoms with van der Waals surface area (Å²) in [5, 5.41) is 22.9. The number of Topliss-reactive ketones (excluding diaryl/α,β-unsaturated/α-hetero) is 1. The monoisotopic (exact) mass is 402 g/mol.